The molecule has 2 aromatic rings. The van der Waals surface area contributed by atoms with Gasteiger partial charge in [0.2, 0.25) is 0 Å². The monoisotopic (exact) mass is 314 g/mol. The minimum absolute atomic E-state index is 0.139. The van der Waals surface area contributed by atoms with Crippen LogP contribution < -0.4 is 16.6 Å². The van der Waals surface area contributed by atoms with Gasteiger partial charge in [0.25, 0.3) is 11.5 Å². The van der Waals surface area contributed by atoms with Crippen molar-refractivity contribution in [2.24, 2.45) is 5.73 Å². The number of carbonyl (C=O) groups is 1. The zero-order valence-corrected chi connectivity index (χ0v) is 13.4. The molecule has 0 bridgehead atoms. The van der Waals surface area contributed by atoms with Gasteiger partial charge in [-0.3, -0.25) is 9.59 Å². The van der Waals surface area contributed by atoms with Gasteiger partial charge in [0.05, 0.1) is 5.69 Å². The van der Waals surface area contributed by atoms with E-state index in [0.717, 1.165) is 11.3 Å². The Morgan fingerprint density at radius 3 is 2.57 bits per heavy atom. The SMILES string of the molecule is CCc1n[nH]c(=O)c(C(=O)NCC(N)c2ccccc2)c1CC. The van der Waals surface area contributed by atoms with Crippen molar-refractivity contribution in [3.05, 3.63) is 63.1 Å². The quantitative estimate of drug-likeness (QED) is 0.748. The van der Waals surface area contributed by atoms with Crippen LogP contribution in [0.2, 0.25) is 0 Å². The van der Waals surface area contributed by atoms with E-state index in [4.69, 9.17) is 5.73 Å². The molecule has 0 aliphatic rings. The predicted molar refractivity (Wildman–Crippen MR) is 89.3 cm³/mol. The summed E-state index contributed by atoms with van der Waals surface area (Å²) in [5, 5.41) is 9.16. The number of carbonyl (C=O) groups excluding carboxylic acids is 1. The summed E-state index contributed by atoms with van der Waals surface area (Å²) in [6, 6.07) is 9.19. The topological polar surface area (TPSA) is 101 Å². The van der Waals surface area contributed by atoms with Gasteiger partial charge in [-0.1, -0.05) is 44.2 Å². The van der Waals surface area contributed by atoms with E-state index in [1.807, 2.05) is 44.2 Å². The van der Waals surface area contributed by atoms with Crippen molar-refractivity contribution in [1.29, 1.82) is 0 Å². The lowest BCUT2D eigenvalue weighted by molar-refractivity contribution is 0.0948. The molecular weight excluding hydrogens is 292 g/mol. The van der Waals surface area contributed by atoms with Crippen LogP contribution in [0.3, 0.4) is 0 Å². The van der Waals surface area contributed by atoms with Gasteiger partial charge in [-0.15, -0.1) is 0 Å². The standard InChI is InChI=1S/C17H22N4O2/c1-3-12-14(4-2)20-21-17(23)15(12)16(22)19-10-13(18)11-8-6-5-7-9-11/h5-9,13H,3-4,10,18H2,1-2H3,(H,19,22)(H,21,23). The lowest BCUT2D eigenvalue weighted by atomic mass is 10.0. The second kappa shape index (κ2) is 7.69. The Morgan fingerprint density at radius 2 is 1.96 bits per heavy atom. The number of nitrogens with two attached hydrogens (primary N) is 1. The molecule has 0 spiro atoms. The van der Waals surface area contributed by atoms with Crippen LogP contribution in [0.25, 0.3) is 0 Å². The Bertz CT molecular complexity index is 725. The number of aromatic amines is 1. The molecule has 0 saturated heterocycles. The van der Waals surface area contributed by atoms with Gasteiger partial charge in [-0.2, -0.15) is 5.10 Å². The zero-order chi connectivity index (χ0) is 16.8. The minimum atomic E-state index is -0.468. The van der Waals surface area contributed by atoms with Crippen LogP contribution in [0, 0.1) is 0 Å². The summed E-state index contributed by atoms with van der Waals surface area (Å²) < 4.78 is 0. The molecule has 6 heteroatoms. The van der Waals surface area contributed by atoms with Crippen molar-refractivity contribution in [2.45, 2.75) is 32.7 Å². The maximum atomic E-state index is 12.4. The molecule has 23 heavy (non-hydrogen) atoms. The number of nitrogens with one attached hydrogen (secondary N) is 2. The van der Waals surface area contributed by atoms with E-state index in [-0.39, 0.29) is 18.2 Å². The Balaban J connectivity index is 2.17. The fraction of sp³-hybridized carbons (Fsp3) is 0.353. The second-order valence-corrected chi connectivity index (χ2v) is 5.29. The van der Waals surface area contributed by atoms with Gasteiger partial charge in [-0.25, -0.2) is 5.10 Å². The van der Waals surface area contributed by atoms with Crippen LogP contribution in [0.5, 0.6) is 0 Å². The van der Waals surface area contributed by atoms with E-state index in [0.29, 0.717) is 18.4 Å². The van der Waals surface area contributed by atoms with E-state index in [1.54, 1.807) is 0 Å². The molecule has 1 amide bonds. The Morgan fingerprint density at radius 1 is 1.26 bits per heavy atom. The number of nitrogens with zero attached hydrogens (tertiary/aromatic N) is 1. The van der Waals surface area contributed by atoms with Gasteiger partial charge >= 0.3 is 0 Å². The highest BCUT2D eigenvalue weighted by molar-refractivity contribution is 5.95. The van der Waals surface area contributed by atoms with E-state index in [1.165, 1.54) is 0 Å². The summed E-state index contributed by atoms with van der Waals surface area (Å²) in [7, 11) is 0. The molecule has 1 aromatic carbocycles. The summed E-state index contributed by atoms with van der Waals surface area (Å²) in [5.74, 6) is -0.411. The van der Waals surface area contributed by atoms with E-state index < -0.39 is 11.5 Å². The number of benzene rings is 1. The van der Waals surface area contributed by atoms with Crippen LogP contribution in [-0.2, 0) is 12.8 Å². The first kappa shape index (κ1) is 16.9. The van der Waals surface area contributed by atoms with Crippen LogP contribution in [0.15, 0.2) is 35.1 Å². The Hall–Kier alpha value is -2.47. The van der Waals surface area contributed by atoms with Crippen molar-refractivity contribution in [3.63, 3.8) is 0 Å². The number of hydrogen-bond donors (Lipinski definition) is 3. The van der Waals surface area contributed by atoms with Gasteiger partial charge in [0.1, 0.15) is 5.56 Å². The number of hydrogen-bond acceptors (Lipinski definition) is 4. The summed E-state index contributed by atoms with van der Waals surface area (Å²) >= 11 is 0. The molecule has 1 atom stereocenters. The molecule has 4 N–H and O–H groups in total. The van der Waals surface area contributed by atoms with Crippen molar-refractivity contribution in [3.8, 4) is 0 Å². The summed E-state index contributed by atoms with van der Waals surface area (Å²) in [6.07, 6.45) is 1.23. The van der Waals surface area contributed by atoms with E-state index >= 15 is 0 Å². The highest BCUT2D eigenvalue weighted by atomic mass is 16.2. The highest BCUT2D eigenvalue weighted by Crippen LogP contribution is 2.11. The molecule has 2 rings (SSSR count). The normalized spacial score (nSPS) is 12.0. The number of rotatable bonds is 6. The van der Waals surface area contributed by atoms with Crippen molar-refractivity contribution in [2.75, 3.05) is 6.54 Å². The molecular formula is C17H22N4O2. The van der Waals surface area contributed by atoms with Gasteiger partial charge in [0, 0.05) is 12.6 Å². The molecule has 1 aromatic heterocycles. The van der Waals surface area contributed by atoms with Gasteiger partial charge < -0.3 is 11.1 Å². The first-order chi connectivity index (χ1) is 11.1. The Labute approximate surface area is 135 Å². The first-order valence-electron chi connectivity index (χ1n) is 7.77. The third-order valence-corrected chi connectivity index (χ3v) is 3.80. The first-order valence-corrected chi connectivity index (χ1v) is 7.77. The number of aryl methyl sites for hydroxylation is 1. The maximum absolute atomic E-state index is 12.4. The van der Waals surface area contributed by atoms with Crippen molar-refractivity contribution < 1.29 is 4.79 Å². The fourth-order valence-electron chi connectivity index (χ4n) is 2.55. The highest BCUT2D eigenvalue weighted by Gasteiger charge is 2.19. The molecule has 0 aliphatic carbocycles. The average molecular weight is 314 g/mol. The molecule has 1 unspecified atom stereocenters. The van der Waals surface area contributed by atoms with Gasteiger partial charge in [-0.05, 0) is 24.0 Å². The predicted octanol–water partition coefficient (Wildman–Crippen LogP) is 1.32. The Kier molecular flexibility index (Phi) is 5.65. The van der Waals surface area contributed by atoms with Crippen LogP contribution in [0.1, 0.15) is 47.1 Å². The van der Waals surface area contributed by atoms with Crippen molar-refractivity contribution in [1.82, 2.24) is 15.5 Å². The number of aromatic nitrogens is 2. The molecule has 1 heterocycles. The lowest BCUT2D eigenvalue weighted by Gasteiger charge is -2.14. The van der Waals surface area contributed by atoms with Crippen LogP contribution >= 0.6 is 0 Å². The lowest BCUT2D eigenvalue weighted by Crippen LogP contribution is -2.36. The maximum Gasteiger partial charge on any atom is 0.277 e. The van der Waals surface area contributed by atoms with E-state index in [2.05, 4.69) is 15.5 Å². The number of H-pyrrole nitrogens is 1. The van der Waals surface area contributed by atoms with Gasteiger partial charge in [0.15, 0.2) is 0 Å². The second-order valence-electron chi connectivity index (χ2n) is 5.29. The van der Waals surface area contributed by atoms with Crippen molar-refractivity contribution >= 4 is 5.91 Å². The summed E-state index contributed by atoms with van der Waals surface area (Å²) in [4.78, 5) is 24.4. The zero-order valence-electron chi connectivity index (χ0n) is 13.4. The summed E-state index contributed by atoms with van der Waals surface area (Å²) in [5.41, 5.74) is 8.11. The minimum Gasteiger partial charge on any atom is -0.350 e. The molecule has 6 nitrogen and oxygen atoms in total. The third kappa shape index (κ3) is 3.84. The number of amides is 1. The average Bonchev–Trinajstić information content (AvgIpc) is 2.59. The molecule has 0 fully saturated rings. The molecule has 0 saturated carbocycles. The summed E-state index contributed by atoms with van der Waals surface area (Å²) in [6.45, 7) is 4.10. The van der Waals surface area contributed by atoms with Crippen LogP contribution in [0.4, 0.5) is 0 Å². The van der Waals surface area contributed by atoms with Crippen LogP contribution in [-0.4, -0.2) is 22.6 Å². The molecule has 0 radical (unpaired) electrons. The largest absolute Gasteiger partial charge is 0.350 e. The smallest absolute Gasteiger partial charge is 0.277 e. The third-order valence-electron chi connectivity index (χ3n) is 3.80. The van der Waals surface area contributed by atoms with E-state index in [9.17, 15) is 9.59 Å². The molecule has 0 aliphatic heterocycles. The fourth-order valence-corrected chi connectivity index (χ4v) is 2.55. The molecule has 122 valence electrons.